The quantitative estimate of drug-likeness (QED) is 0.463. The molecule has 13 atom stereocenters. The summed E-state index contributed by atoms with van der Waals surface area (Å²) in [6.07, 6.45) is 9.37. The minimum absolute atomic E-state index is 0.00908. The van der Waals surface area contributed by atoms with Gasteiger partial charge in [-0.2, -0.15) is 0 Å². The van der Waals surface area contributed by atoms with Gasteiger partial charge in [-0.1, -0.05) is 41.5 Å². The van der Waals surface area contributed by atoms with Crippen LogP contribution in [0.5, 0.6) is 0 Å². The molecule has 6 aliphatic rings. The summed E-state index contributed by atoms with van der Waals surface area (Å²) >= 11 is 0. The molecule has 0 aromatic rings. The maximum absolute atomic E-state index is 11.7. The Hall–Kier alpha value is -0.120. The predicted molar refractivity (Wildman–Crippen MR) is 127 cm³/mol. The minimum Gasteiger partial charge on any atom is -0.393 e. The average molecular weight is 445 g/mol. The molecule has 3 heteroatoms. The van der Waals surface area contributed by atoms with Crippen molar-refractivity contribution in [1.29, 1.82) is 0 Å². The number of epoxide rings is 1. The van der Waals surface area contributed by atoms with E-state index < -0.39 is 0 Å². The molecule has 6 rings (SSSR count). The van der Waals surface area contributed by atoms with Crippen molar-refractivity contribution >= 4 is 0 Å². The number of aliphatic hydroxyl groups is 2. The second kappa shape index (κ2) is 6.35. The molecule has 0 aromatic carbocycles. The number of hydrogen-bond acceptors (Lipinski definition) is 3. The molecule has 0 aromatic heterocycles. The Kier molecular flexibility index (Phi) is 4.44. The van der Waals surface area contributed by atoms with Crippen LogP contribution in [0.25, 0.3) is 0 Å². The van der Waals surface area contributed by atoms with Gasteiger partial charge in [0.15, 0.2) is 0 Å². The van der Waals surface area contributed by atoms with Crippen molar-refractivity contribution in [3.05, 3.63) is 0 Å². The molecule has 5 saturated carbocycles. The molecule has 1 heterocycles. The van der Waals surface area contributed by atoms with Gasteiger partial charge in [0.05, 0.1) is 23.9 Å². The van der Waals surface area contributed by atoms with Crippen LogP contribution in [0.2, 0.25) is 0 Å². The molecule has 1 aliphatic heterocycles. The van der Waals surface area contributed by atoms with Crippen LogP contribution in [0.15, 0.2) is 0 Å². The van der Waals surface area contributed by atoms with Crippen molar-refractivity contribution in [3.8, 4) is 0 Å². The van der Waals surface area contributed by atoms with E-state index in [1.54, 1.807) is 0 Å². The molecule has 1 saturated heterocycles. The number of rotatable bonds is 0. The molecule has 6 fully saturated rings. The Labute approximate surface area is 196 Å². The fourth-order valence-corrected chi connectivity index (χ4v) is 11.6. The fourth-order valence-electron chi connectivity index (χ4n) is 11.6. The fraction of sp³-hybridized carbons (Fsp3) is 1.00. The molecule has 0 spiro atoms. The molecule has 13 unspecified atom stereocenters. The van der Waals surface area contributed by atoms with Crippen LogP contribution < -0.4 is 0 Å². The van der Waals surface area contributed by atoms with E-state index in [1.807, 2.05) is 0 Å². The molecular formula is C29H48O3. The molecule has 2 N–H and O–H groups in total. The zero-order valence-corrected chi connectivity index (χ0v) is 21.7. The van der Waals surface area contributed by atoms with Gasteiger partial charge in [-0.3, -0.25) is 0 Å². The van der Waals surface area contributed by atoms with Crippen molar-refractivity contribution in [3.63, 3.8) is 0 Å². The first kappa shape index (κ1) is 22.4. The molecule has 5 aliphatic carbocycles. The summed E-state index contributed by atoms with van der Waals surface area (Å²) in [5.74, 6) is 3.87. The van der Waals surface area contributed by atoms with Gasteiger partial charge in [0.1, 0.15) is 0 Å². The molecule has 0 bridgehead atoms. The van der Waals surface area contributed by atoms with E-state index in [9.17, 15) is 10.2 Å². The Bertz CT molecular complexity index is 808. The van der Waals surface area contributed by atoms with E-state index >= 15 is 0 Å². The monoisotopic (exact) mass is 444 g/mol. The van der Waals surface area contributed by atoms with E-state index in [1.165, 1.54) is 32.1 Å². The van der Waals surface area contributed by atoms with E-state index in [-0.39, 0.29) is 34.1 Å². The molecule has 0 radical (unpaired) electrons. The van der Waals surface area contributed by atoms with Gasteiger partial charge in [-0.05, 0) is 115 Å². The van der Waals surface area contributed by atoms with Gasteiger partial charge in [0, 0.05) is 0 Å². The third kappa shape index (κ3) is 2.45. The number of fused-ring (bicyclic) bond motifs is 8. The van der Waals surface area contributed by atoms with Gasteiger partial charge in [-0.15, -0.1) is 0 Å². The Morgan fingerprint density at radius 2 is 1.31 bits per heavy atom. The van der Waals surface area contributed by atoms with Crippen molar-refractivity contribution in [2.75, 3.05) is 0 Å². The lowest BCUT2D eigenvalue weighted by molar-refractivity contribution is -0.238. The predicted octanol–water partition coefficient (Wildman–Crippen LogP) is 5.82. The summed E-state index contributed by atoms with van der Waals surface area (Å²) in [4.78, 5) is 0. The summed E-state index contributed by atoms with van der Waals surface area (Å²) in [5.41, 5.74) is 0.639. The van der Waals surface area contributed by atoms with Crippen molar-refractivity contribution in [2.45, 2.75) is 124 Å². The highest BCUT2D eigenvalue weighted by molar-refractivity contribution is 5.21. The van der Waals surface area contributed by atoms with Crippen molar-refractivity contribution < 1.29 is 14.9 Å². The van der Waals surface area contributed by atoms with Crippen LogP contribution >= 0.6 is 0 Å². The highest BCUT2D eigenvalue weighted by Gasteiger charge is 2.73. The first-order valence-electron chi connectivity index (χ1n) is 13.8. The highest BCUT2D eigenvalue weighted by atomic mass is 16.6. The minimum atomic E-state index is -0.209. The topological polar surface area (TPSA) is 53.0 Å². The molecular weight excluding hydrogens is 396 g/mol. The van der Waals surface area contributed by atoms with Crippen LogP contribution in [0.3, 0.4) is 0 Å². The lowest BCUT2D eigenvalue weighted by atomic mass is 9.35. The number of hydrogen-bond donors (Lipinski definition) is 2. The summed E-state index contributed by atoms with van der Waals surface area (Å²) in [6, 6.07) is 0. The van der Waals surface area contributed by atoms with Crippen LogP contribution in [0, 0.1) is 57.2 Å². The van der Waals surface area contributed by atoms with E-state index in [2.05, 4.69) is 48.5 Å². The first-order chi connectivity index (χ1) is 14.8. The second-order valence-corrected chi connectivity index (χ2v) is 14.9. The average Bonchev–Trinajstić information content (AvgIpc) is 3.37. The maximum atomic E-state index is 11.7. The van der Waals surface area contributed by atoms with Gasteiger partial charge in [0.2, 0.25) is 0 Å². The zero-order valence-electron chi connectivity index (χ0n) is 21.7. The number of ether oxygens (including phenoxy) is 1. The molecule has 182 valence electrons. The summed E-state index contributed by atoms with van der Waals surface area (Å²) in [7, 11) is 0. The van der Waals surface area contributed by atoms with Crippen molar-refractivity contribution in [1.82, 2.24) is 0 Å². The largest absolute Gasteiger partial charge is 0.393 e. The number of aliphatic hydroxyl groups excluding tert-OH is 2. The highest BCUT2D eigenvalue weighted by Crippen LogP contribution is 2.74. The SMILES string of the molecule is CC1C2C3CCC4C(CCC5C(C)(C)C(O)CCC45C)C3(C)CC(O)C2(C)CC2OC21C. The van der Waals surface area contributed by atoms with Gasteiger partial charge in [-0.25, -0.2) is 0 Å². The van der Waals surface area contributed by atoms with Gasteiger partial charge >= 0.3 is 0 Å². The summed E-state index contributed by atoms with van der Waals surface area (Å²) in [5, 5.41) is 22.6. The normalized spacial score (nSPS) is 65.0. The van der Waals surface area contributed by atoms with E-state index in [0.29, 0.717) is 41.1 Å². The third-order valence-corrected chi connectivity index (χ3v) is 13.7. The Balaban J connectivity index is 1.37. The Morgan fingerprint density at radius 1 is 0.688 bits per heavy atom. The molecule has 32 heavy (non-hydrogen) atoms. The van der Waals surface area contributed by atoms with E-state index in [0.717, 1.165) is 25.2 Å². The lowest BCUT2D eigenvalue weighted by Crippen LogP contribution is -2.66. The van der Waals surface area contributed by atoms with Crippen molar-refractivity contribution in [2.24, 2.45) is 57.2 Å². The van der Waals surface area contributed by atoms with Crippen LogP contribution in [-0.2, 0) is 4.74 Å². The zero-order chi connectivity index (χ0) is 23.1. The van der Waals surface area contributed by atoms with Crippen LogP contribution in [0.1, 0.15) is 99.8 Å². The first-order valence-corrected chi connectivity index (χ1v) is 13.8. The second-order valence-electron chi connectivity index (χ2n) is 14.9. The maximum Gasteiger partial charge on any atom is 0.0948 e. The van der Waals surface area contributed by atoms with Gasteiger partial charge in [0.25, 0.3) is 0 Å². The standard InChI is InChI=1S/C29H48O3/c1-16-24-19-9-8-17-18(10-11-20-25(2,3)21(30)12-13-26(17,20)4)27(19,5)14-22(31)28(24,6)15-23-29(16,7)32-23/h16-24,30-31H,8-15H2,1-7H3. The summed E-state index contributed by atoms with van der Waals surface area (Å²) < 4.78 is 6.29. The van der Waals surface area contributed by atoms with Crippen LogP contribution in [0.4, 0.5) is 0 Å². The molecule has 3 nitrogen and oxygen atoms in total. The smallest absolute Gasteiger partial charge is 0.0948 e. The Morgan fingerprint density at radius 3 is 2.03 bits per heavy atom. The van der Waals surface area contributed by atoms with Crippen LogP contribution in [-0.4, -0.2) is 34.1 Å². The molecule has 0 amide bonds. The summed E-state index contributed by atoms with van der Waals surface area (Å²) in [6.45, 7) is 17.0. The van der Waals surface area contributed by atoms with E-state index in [4.69, 9.17) is 4.74 Å². The lowest BCUT2D eigenvalue weighted by Gasteiger charge is -2.70. The van der Waals surface area contributed by atoms with Gasteiger partial charge < -0.3 is 14.9 Å². The third-order valence-electron chi connectivity index (χ3n) is 13.7.